The average Bonchev–Trinajstić information content (AvgIpc) is 2.25. The standard InChI is InChI=1S/C12H13NO3/c1-13-8(5-6-14)7-11(16)12-9(13)3-2-4-10(12)15/h2-4,6,8,15H,5,7H2,1H3. The quantitative estimate of drug-likeness (QED) is 0.763. The maximum Gasteiger partial charge on any atom is 0.170 e. The summed E-state index contributed by atoms with van der Waals surface area (Å²) in [5, 5.41) is 9.64. The summed E-state index contributed by atoms with van der Waals surface area (Å²) in [6.45, 7) is 0. The van der Waals surface area contributed by atoms with E-state index in [0.29, 0.717) is 17.7 Å². The molecule has 0 aliphatic carbocycles. The van der Waals surface area contributed by atoms with E-state index in [2.05, 4.69) is 0 Å². The minimum Gasteiger partial charge on any atom is -0.507 e. The van der Waals surface area contributed by atoms with Crippen molar-refractivity contribution < 1.29 is 14.7 Å². The maximum absolute atomic E-state index is 11.8. The molecule has 0 radical (unpaired) electrons. The second kappa shape index (κ2) is 3.96. The summed E-state index contributed by atoms with van der Waals surface area (Å²) in [7, 11) is 1.83. The van der Waals surface area contributed by atoms with Crippen molar-refractivity contribution in [3.63, 3.8) is 0 Å². The largest absolute Gasteiger partial charge is 0.507 e. The van der Waals surface area contributed by atoms with Gasteiger partial charge < -0.3 is 14.8 Å². The zero-order valence-electron chi connectivity index (χ0n) is 9.01. The van der Waals surface area contributed by atoms with Crippen LogP contribution < -0.4 is 4.90 Å². The minimum absolute atomic E-state index is 0.0129. The van der Waals surface area contributed by atoms with E-state index in [1.54, 1.807) is 12.1 Å². The molecule has 2 rings (SSSR count). The number of benzene rings is 1. The van der Waals surface area contributed by atoms with Crippen LogP contribution in [0, 0.1) is 0 Å². The second-order valence-corrected chi connectivity index (χ2v) is 3.97. The number of nitrogens with zero attached hydrogens (tertiary/aromatic N) is 1. The molecule has 1 N–H and O–H groups in total. The lowest BCUT2D eigenvalue weighted by Crippen LogP contribution is -2.38. The summed E-state index contributed by atoms with van der Waals surface area (Å²) >= 11 is 0. The fraction of sp³-hybridized carbons (Fsp3) is 0.333. The third-order valence-corrected chi connectivity index (χ3v) is 3.02. The van der Waals surface area contributed by atoms with Crippen molar-refractivity contribution in [2.45, 2.75) is 18.9 Å². The number of phenols is 1. The third kappa shape index (κ3) is 1.56. The van der Waals surface area contributed by atoms with E-state index in [0.717, 1.165) is 6.29 Å². The number of aromatic hydroxyl groups is 1. The Kier molecular flexibility index (Phi) is 2.64. The smallest absolute Gasteiger partial charge is 0.170 e. The van der Waals surface area contributed by atoms with Crippen molar-refractivity contribution in [2.24, 2.45) is 0 Å². The number of fused-ring (bicyclic) bond motifs is 1. The Morgan fingerprint density at radius 2 is 2.31 bits per heavy atom. The van der Waals surface area contributed by atoms with Gasteiger partial charge in [0.05, 0.1) is 11.3 Å². The molecule has 0 fully saturated rings. The van der Waals surface area contributed by atoms with Crippen LogP contribution in [0.3, 0.4) is 0 Å². The van der Waals surface area contributed by atoms with Gasteiger partial charge in [-0.15, -0.1) is 0 Å². The van der Waals surface area contributed by atoms with Crippen LogP contribution in [0.4, 0.5) is 5.69 Å². The van der Waals surface area contributed by atoms with Gasteiger partial charge in [0.1, 0.15) is 12.0 Å². The zero-order valence-corrected chi connectivity index (χ0v) is 9.01. The summed E-state index contributed by atoms with van der Waals surface area (Å²) in [5.41, 5.74) is 1.07. The van der Waals surface area contributed by atoms with Crippen molar-refractivity contribution in [2.75, 3.05) is 11.9 Å². The van der Waals surface area contributed by atoms with Crippen LogP contribution in [0.2, 0.25) is 0 Å². The first kappa shape index (κ1) is 10.7. The molecule has 1 aliphatic heterocycles. The van der Waals surface area contributed by atoms with Crippen molar-refractivity contribution in [1.82, 2.24) is 0 Å². The average molecular weight is 219 g/mol. The predicted molar refractivity (Wildman–Crippen MR) is 59.9 cm³/mol. The highest BCUT2D eigenvalue weighted by Crippen LogP contribution is 2.35. The highest BCUT2D eigenvalue weighted by Gasteiger charge is 2.30. The number of rotatable bonds is 2. The lowest BCUT2D eigenvalue weighted by atomic mass is 9.93. The number of phenolic OH excluding ortho intramolecular Hbond substituents is 1. The Morgan fingerprint density at radius 3 is 3.00 bits per heavy atom. The van der Waals surface area contributed by atoms with Crippen LogP contribution in [0.5, 0.6) is 5.75 Å². The maximum atomic E-state index is 11.8. The lowest BCUT2D eigenvalue weighted by molar-refractivity contribution is -0.108. The Balaban J connectivity index is 2.46. The first-order chi connectivity index (χ1) is 7.65. The highest BCUT2D eigenvalue weighted by molar-refractivity contribution is 6.06. The Bertz CT molecular complexity index is 442. The SMILES string of the molecule is CN1c2cccc(O)c2C(=O)CC1CC=O. The first-order valence-corrected chi connectivity index (χ1v) is 5.16. The van der Waals surface area contributed by atoms with Crippen LogP contribution >= 0.6 is 0 Å². The van der Waals surface area contributed by atoms with Gasteiger partial charge in [-0.1, -0.05) is 6.07 Å². The topological polar surface area (TPSA) is 57.6 Å². The molecule has 84 valence electrons. The van der Waals surface area contributed by atoms with E-state index in [4.69, 9.17) is 0 Å². The van der Waals surface area contributed by atoms with Gasteiger partial charge >= 0.3 is 0 Å². The molecule has 4 heteroatoms. The van der Waals surface area contributed by atoms with E-state index in [-0.39, 0.29) is 24.0 Å². The van der Waals surface area contributed by atoms with Gasteiger partial charge in [-0.25, -0.2) is 0 Å². The predicted octanol–water partition coefficient (Wildman–Crippen LogP) is 1.37. The Morgan fingerprint density at radius 1 is 1.56 bits per heavy atom. The van der Waals surface area contributed by atoms with E-state index in [9.17, 15) is 14.7 Å². The zero-order chi connectivity index (χ0) is 11.7. The van der Waals surface area contributed by atoms with Gasteiger partial charge in [-0.3, -0.25) is 4.79 Å². The molecule has 0 saturated carbocycles. The Labute approximate surface area is 93.5 Å². The molecule has 0 amide bonds. The number of carbonyl (C=O) groups excluding carboxylic acids is 2. The lowest BCUT2D eigenvalue weighted by Gasteiger charge is -2.34. The molecule has 1 aromatic rings. The minimum atomic E-state index is -0.0990. The fourth-order valence-electron chi connectivity index (χ4n) is 2.11. The van der Waals surface area contributed by atoms with Gasteiger partial charge in [0.15, 0.2) is 5.78 Å². The van der Waals surface area contributed by atoms with Crippen LogP contribution in [0.25, 0.3) is 0 Å². The van der Waals surface area contributed by atoms with E-state index in [1.165, 1.54) is 6.07 Å². The summed E-state index contributed by atoms with van der Waals surface area (Å²) in [5.74, 6) is -0.0862. The molecule has 1 unspecified atom stereocenters. The fourth-order valence-corrected chi connectivity index (χ4v) is 2.11. The van der Waals surface area contributed by atoms with Crippen LogP contribution in [-0.2, 0) is 4.79 Å². The third-order valence-electron chi connectivity index (χ3n) is 3.02. The van der Waals surface area contributed by atoms with Gasteiger partial charge in [0.2, 0.25) is 0 Å². The van der Waals surface area contributed by atoms with Crippen molar-refractivity contribution in [1.29, 1.82) is 0 Å². The van der Waals surface area contributed by atoms with E-state index >= 15 is 0 Å². The van der Waals surface area contributed by atoms with E-state index in [1.807, 2.05) is 11.9 Å². The first-order valence-electron chi connectivity index (χ1n) is 5.16. The number of hydrogen-bond acceptors (Lipinski definition) is 4. The van der Waals surface area contributed by atoms with Gasteiger partial charge in [0.25, 0.3) is 0 Å². The van der Waals surface area contributed by atoms with Crippen LogP contribution in [0.15, 0.2) is 18.2 Å². The number of hydrogen-bond donors (Lipinski definition) is 1. The number of ketones is 1. The van der Waals surface area contributed by atoms with Crippen molar-refractivity contribution in [3.8, 4) is 5.75 Å². The highest BCUT2D eigenvalue weighted by atomic mass is 16.3. The molecule has 4 nitrogen and oxygen atoms in total. The monoisotopic (exact) mass is 219 g/mol. The summed E-state index contributed by atoms with van der Waals surface area (Å²) in [6.07, 6.45) is 1.43. The molecule has 1 atom stereocenters. The van der Waals surface area contributed by atoms with Gasteiger partial charge in [0, 0.05) is 25.9 Å². The van der Waals surface area contributed by atoms with Gasteiger partial charge in [-0.2, -0.15) is 0 Å². The summed E-state index contributed by atoms with van der Waals surface area (Å²) in [4.78, 5) is 24.2. The Hall–Kier alpha value is -1.84. The number of Topliss-reactive ketones (excluding diaryl/α,β-unsaturated/α-hetero) is 1. The van der Waals surface area contributed by atoms with Gasteiger partial charge in [-0.05, 0) is 12.1 Å². The molecule has 0 aromatic heterocycles. The number of anilines is 1. The molecule has 0 spiro atoms. The number of aldehydes is 1. The molecule has 1 aliphatic rings. The molecule has 0 bridgehead atoms. The molecular formula is C12H13NO3. The van der Waals surface area contributed by atoms with Crippen molar-refractivity contribution in [3.05, 3.63) is 23.8 Å². The molecule has 1 heterocycles. The van der Waals surface area contributed by atoms with Crippen LogP contribution in [0.1, 0.15) is 23.2 Å². The molecule has 16 heavy (non-hydrogen) atoms. The normalized spacial score (nSPS) is 19.4. The molecular weight excluding hydrogens is 206 g/mol. The van der Waals surface area contributed by atoms with Crippen molar-refractivity contribution >= 4 is 17.8 Å². The molecule has 0 saturated heterocycles. The van der Waals surface area contributed by atoms with Crippen LogP contribution in [-0.4, -0.2) is 30.3 Å². The molecule has 1 aromatic carbocycles. The summed E-state index contributed by atoms with van der Waals surface area (Å²) in [6, 6.07) is 4.88. The number of carbonyl (C=O) groups is 2. The second-order valence-electron chi connectivity index (χ2n) is 3.97. The van der Waals surface area contributed by atoms with E-state index < -0.39 is 0 Å². The summed E-state index contributed by atoms with van der Waals surface area (Å²) < 4.78 is 0.